The Morgan fingerprint density at radius 3 is 2.70 bits per heavy atom. The molecule has 0 bridgehead atoms. The van der Waals surface area contributed by atoms with Crippen LogP contribution >= 0.6 is 11.3 Å². The summed E-state index contributed by atoms with van der Waals surface area (Å²) in [5, 5.41) is 4.69. The number of hydrogen-bond acceptors (Lipinski definition) is 7. The molecule has 156 valence electrons. The monoisotopic (exact) mass is 422 g/mol. The SMILES string of the molecule is Cc1sc2nc(CN3CCOCC3)nc(NCc3nc4ccccc4n3C)c2c1C. The van der Waals surface area contributed by atoms with E-state index in [1.807, 2.05) is 12.1 Å². The van der Waals surface area contributed by atoms with Gasteiger partial charge in [-0.15, -0.1) is 11.3 Å². The Labute approximate surface area is 179 Å². The molecule has 30 heavy (non-hydrogen) atoms. The molecule has 1 fully saturated rings. The fourth-order valence-electron chi connectivity index (χ4n) is 3.97. The first-order valence-electron chi connectivity index (χ1n) is 10.3. The van der Waals surface area contributed by atoms with Crippen molar-refractivity contribution >= 4 is 38.4 Å². The Morgan fingerprint density at radius 2 is 1.90 bits per heavy atom. The lowest BCUT2D eigenvalue weighted by Crippen LogP contribution is -2.36. The van der Waals surface area contributed by atoms with Gasteiger partial charge in [0, 0.05) is 25.0 Å². The van der Waals surface area contributed by atoms with Gasteiger partial charge in [0.1, 0.15) is 22.3 Å². The number of anilines is 1. The van der Waals surface area contributed by atoms with Gasteiger partial charge < -0.3 is 14.6 Å². The smallest absolute Gasteiger partial charge is 0.146 e. The number of morpholine rings is 1. The lowest BCUT2D eigenvalue weighted by Gasteiger charge is -2.25. The van der Waals surface area contributed by atoms with E-state index in [1.165, 1.54) is 10.4 Å². The van der Waals surface area contributed by atoms with E-state index in [0.717, 1.165) is 71.6 Å². The summed E-state index contributed by atoms with van der Waals surface area (Å²) in [6.45, 7) is 9.06. The number of rotatable bonds is 5. The highest BCUT2D eigenvalue weighted by Crippen LogP contribution is 2.33. The quantitative estimate of drug-likeness (QED) is 0.530. The fraction of sp³-hybridized carbons (Fsp3) is 0.409. The van der Waals surface area contributed by atoms with Crippen LogP contribution in [0.1, 0.15) is 22.1 Å². The molecule has 1 N–H and O–H groups in total. The number of thiophene rings is 1. The van der Waals surface area contributed by atoms with E-state index in [9.17, 15) is 0 Å². The maximum absolute atomic E-state index is 5.47. The summed E-state index contributed by atoms with van der Waals surface area (Å²) >= 11 is 1.74. The van der Waals surface area contributed by atoms with Crippen LogP contribution < -0.4 is 5.32 Å². The number of nitrogens with zero attached hydrogens (tertiary/aromatic N) is 5. The average Bonchev–Trinajstić information content (AvgIpc) is 3.23. The van der Waals surface area contributed by atoms with Crippen LogP contribution in [0, 0.1) is 13.8 Å². The molecule has 0 atom stereocenters. The Balaban J connectivity index is 1.47. The zero-order valence-corrected chi connectivity index (χ0v) is 18.4. The van der Waals surface area contributed by atoms with Gasteiger partial charge in [-0.25, -0.2) is 15.0 Å². The first-order chi connectivity index (χ1) is 14.6. The molecule has 0 unspecified atom stereocenters. The van der Waals surface area contributed by atoms with Crippen molar-refractivity contribution in [1.82, 2.24) is 24.4 Å². The molecule has 8 heteroatoms. The summed E-state index contributed by atoms with van der Waals surface area (Å²) < 4.78 is 7.61. The number of aryl methyl sites for hydroxylation is 3. The summed E-state index contributed by atoms with van der Waals surface area (Å²) in [6, 6.07) is 8.22. The second kappa shape index (κ2) is 7.94. The van der Waals surface area contributed by atoms with Gasteiger partial charge in [-0.1, -0.05) is 12.1 Å². The topological polar surface area (TPSA) is 68.1 Å². The molecule has 7 nitrogen and oxygen atoms in total. The van der Waals surface area contributed by atoms with Crippen LogP contribution in [0.15, 0.2) is 24.3 Å². The summed E-state index contributed by atoms with van der Waals surface area (Å²) in [5.74, 6) is 2.75. The molecule has 3 aromatic heterocycles. The van der Waals surface area contributed by atoms with Gasteiger partial charge in [-0.3, -0.25) is 4.90 Å². The van der Waals surface area contributed by atoms with Gasteiger partial charge in [0.25, 0.3) is 0 Å². The molecule has 0 radical (unpaired) electrons. The molecule has 1 aromatic carbocycles. The second-order valence-electron chi connectivity index (χ2n) is 7.77. The molecular weight excluding hydrogens is 396 g/mol. The summed E-state index contributed by atoms with van der Waals surface area (Å²) in [4.78, 5) is 19.3. The number of nitrogens with one attached hydrogen (secondary N) is 1. The predicted molar refractivity (Wildman–Crippen MR) is 121 cm³/mol. The Bertz CT molecular complexity index is 1210. The van der Waals surface area contributed by atoms with Crippen LogP contribution in [0.2, 0.25) is 0 Å². The van der Waals surface area contributed by atoms with Crippen molar-refractivity contribution in [2.24, 2.45) is 7.05 Å². The molecule has 4 heterocycles. The normalized spacial score (nSPS) is 15.3. The molecule has 5 rings (SSSR count). The standard InChI is InChI=1S/C22H26N6OS/c1-14-15(2)30-22-20(14)21(25-18(26-22)13-28-8-10-29-11-9-28)23-12-19-24-16-6-4-5-7-17(16)27(19)3/h4-7H,8-13H2,1-3H3,(H,23,25,26). The molecule has 1 saturated heterocycles. The lowest BCUT2D eigenvalue weighted by molar-refractivity contribution is 0.0331. The largest absolute Gasteiger partial charge is 0.379 e. The number of imidazole rings is 1. The van der Waals surface area contributed by atoms with Crippen LogP contribution in [0.4, 0.5) is 5.82 Å². The summed E-state index contributed by atoms with van der Waals surface area (Å²) in [6.07, 6.45) is 0. The number of benzene rings is 1. The first-order valence-corrected chi connectivity index (χ1v) is 11.1. The Hall–Kier alpha value is -2.55. The van der Waals surface area contributed by atoms with Crippen LogP contribution in [-0.2, 0) is 24.9 Å². The minimum absolute atomic E-state index is 0.614. The zero-order chi connectivity index (χ0) is 20.7. The van der Waals surface area contributed by atoms with Crippen molar-refractivity contribution in [3.05, 3.63) is 46.4 Å². The van der Waals surface area contributed by atoms with E-state index in [2.05, 4.69) is 47.8 Å². The van der Waals surface area contributed by atoms with E-state index in [1.54, 1.807) is 11.3 Å². The fourth-order valence-corrected chi connectivity index (χ4v) is 5.02. The van der Waals surface area contributed by atoms with E-state index in [4.69, 9.17) is 19.7 Å². The Morgan fingerprint density at radius 1 is 1.10 bits per heavy atom. The van der Waals surface area contributed by atoms with Crippen LogP contribution in [0.5, 0.6) is 0 Å². The van der Waals surface area contributed by atoms with E-state index in [0.29, 0.717) is 6.54 Å². The molecule has 0 saturated carbocycles. The maximum atomic E-state index is 5.47. The zero-order valence-electron chi connectivity index (χ0n) is 17.6. The van der Waals surface area contributed by atoms with Crippen molar-refractivity contribution in [1.29, 1.82) is 0 Å². The van der Waals surface area contributed by atoms with Gasteiger partial charge in [0.2, 0.25) is 0 Å². The van der Waals surface area contributed by atoms with Crippen LogP contribution in [-0.4, -0.2) is 50.7 Å². The number of fused-ring (bicyclic) bond motifs is 2. The van der Waals surface area contributed by atoms with Gasteiger partial charge in [0.15, 0.2) is 0 Å². The van der Waals surface area contributed by atoms with Crippen molar-refractivity contribution in [3.63, 3.8) is 0 Å². The van der Waals surface area contributed by atoms with Crippen molar-refractivity contribution in [2.75, 3.05) is 31.6 Å². The predicted octanol–water partition coefficient (Wildman–Crippen LogP) is 3.64. The Kier molecular flexibility index (Phi) is 5.14. The highest BCUT2D eigenvalue weighted by Gasteiger charge is 2.18. The minimum Gasteiger partial charge on any atom is -0.379 e. The third-order valence-electron chi connectivity index (χ3n) is 5.84. The number of hydrogen-bond donors (Lipinski definition) is 1. The van der Waals surface area contributed by atoms with E-state index >= 15 is 0 Å². The highest BCUT2D eigenvalue weighted by atomic mass is 32.1. The van der Waals surface area contributed by atoms with Gasteiger partial charge >= 0.3 is 0 Å². The van der Waals surface area contributed by atoms with Crippen LogP contribution in [0.3, 0.4) is 0 Å². The molecule has 0 aliphatic carbocycles. The van der Waals surface area contributed by atoms with Gasteiger partial charge in [-0.2, -0.15) is 0 Å². The van der Waals surface area contributed by atoms with Crippen molar-refractivity contribution in [2.45, 2.75) is 26.9 Å². The molecule has 1 aliphatic rings. The summed E-state index contributed by atoms with van der Waals surface area (Å²) in [5.41, 5.74) is 3.40. The third kappa shape index (κ3) is 3.55. The number of para-hydroxylation sites is 2. The highest BCUT2D eigenvalue weighted by molar-refractivity contribution is 7.18. The second-order valence-corrected chi connectivity index (χ2v) is 8.97. The van der Waals surface area contributed by atoms with Crippen molar-refractivity contribution < 1.29 is 4.74 Å². The molecular formula is C22H26N6OS. The molecule has 0 spiro atoms. The van der Waals surface area contributed by atoms with Crippen molar-refractivity contribution in [3.8, 4) is 0 Å². The molecule has 4 aromatic rings. The number of aromatic nitrogens is 4. The van der Waals surface area contributed by atoms with E-state index in [-0.39, 0.29) is 0 Å². The third-order valence-corrected chi connectivity index (χ3v) is 6.94. The van der Waals surface area contributed by atoms with Gasteiger partial charge in [-0.05, 0) is 31.5 Å². The lowest BCUT2D eigenvalue weighted by atomic mass is 10.2. The average molecular weight is 423 g/mol. The summed E-state index contributed by atoms with van der Waals surface area (Å²) in [7, 11) is 2.06. The van der Waals surface area contributed by atoms with Crippen LogP contribution in [0.25, 0.3) is 21.3 Å². The molecule has 1 aliphatic heterocycles. The number of ether oxygens (including phenoxy) is 1. The van der Waals surface area contributed by atoms with E-state index < -0.39 is 0 Å². The maximum Gasteiger partial charge on any atom is 0.146 e. The molecule has 0 amide bonds. The first kappa shape index (κ1) is 19.4. The minimum atomic E-state index is 0.614. The van der Waals surface area contributed by atoms with Gasteiger partial charge in [0.05, 0.1) is 42.7 Å².